The molecule has 5 heteroatoms. The van der Waals surface area contributed by atoms with Gasteiger partial charge in [0.1, 0.15) is 11.9 Å². The highest BCUT2D eigenvalue weighted by Gasteiger charge is 2.29. The number of fused-ring (bicyclic) bond motifs is 1. The summed E-state index contributed by atoms with van der Waals surface area (Å²) in [6, 6.07) is 5.66. The fourth-order valence-corrected chi connectivity index (χ4v) is 2.13. The summed E-state index contributed by atoms with van der Waals surface area (Å²) >= 11 is 0. The molecule has 0 saturated carbocycles. The van der Waals surface area contributed by atoms with Crippen molar-refractivity contribution in [1.82, 2.24) is 0 Å². The van der Waals surface area contributed by atoms with Crippen LogP contribution in [-0.4, -0.2) is 31.6 Å². The van der Waals surface area contributed by atoms with Gasteiger partial charge in [0.25, 0.3) is 0 Å². The van der Waals surface area contributed by atoms with Gasteiger partial charge in [-0.25, -0.2) is 0 Å². The Kier molecular flexibility index (Phi) is 3.74. The van der Waals surface area contributed by atoms with Crippen LogP contribution in [-0.2, 0) is 14.3 Å². The van der Waals surface area contributed by atoms with Crippen LogP contribution in [0.1, 0.15) is 18.9 Å². The van der Waals surface area contributed by atoms with Crippen molar-refractivity contribution in [3.8, 4) is 5.75 Å². The molecule has 0 spiro atoms. The fraction of sp³-hybridized carbons (Fsp3) is 0.429. The van der Waals surface area contributed by atoms with Gasteiger partial charge in [-0.2, -0.15) is 0 Å². The zero-order valence-electron chi connectivity index (χ0n) is 11.3. The number of carbonyl (C=O) groups excluding carboxylic acids is 2. The third kappa shape index (κ3) is 2.86. The molecule has 1 aromatic rings. The van der Waals surface area contributed by atoms with Crippen molar-refractivity contribution in [2.45, 2.75) is 26.4 Å². The molecule has 1 unspecified atom stereocenters. The van der Waals surface area contributed by atoms with E-state index in [1.54, 1.807) is 4.90 Å². The molecule has 1 atom stereocenters. The summed E-state index contributed by atoms with van der Waals surface area (Å²) in [5, 5.41) is 0. The molecule has 0 saturated heterocycles. The Morgan fingerprint density at radius 3 is 2.84 bits per heavy atom. The van der Waals surface area contributed by atoms with Crippen molar-refractivity contribution in [1.29, 1.82) is 0 Å². The fourth-order valence-electron chi connectivity index (χ4n) is 2.13. The average Bonchev–Trinajstić information content (AvgIpc) is 2.37. The second-order valence-electron chi connectivity index (χ2n) is 4.62. The molecular formula is C14H17NO4. The second kappa shape index (κ2) is 5.30. The van der Waals surface area contributed by atoms with Crippen LogP contribution in [0.4, 0.5) is 5.69 Å². The van der Waals surface area contributed by atoms with Crippen molar-refractivity contribution < 1.29 is 19.1 Å². The van der Waals surface area contributed by atoms with E-state index in [4.69, 9.17) is 4.74 Å². The molecule has 0 aromatic heterocycles. The maximum atomic E-state index is 11.7. The molecule has 1 amide bonds. The molecule has 2 rings (SSSR count). The van der Waals surface area contributed by atoms with E-state index >= 15 is 0 Å². The predicted molar refractivity (Wildman–Crippen MR) is 70.3 cm³/mol. The van der Waals surface area contributed by atoms with Gasteiger partial charge in [0.05, 0.1) is 25.8 Å². The van der Waals surface area contributed by atoms with E-state index in [1.807, 2.05) is 25.1 Å². The van der Waals surface area contributed by atoms with E-state index in [0.717, 1.165) is 11.3 Å². The van der Waals surface area contributed by atoms with Crippen LogP contribution in [0.25, 0.3) is 0 Å². The molecule has 0 aliphatic carbocycles. The van der Waals surface area contributed by atoms with E-state index in [9.17, 15) is 9.59 Å². The topological polar surface area (TPSA) is 55.8 Å². The van der Waals surface area contributed by atoms with Crippen LogP contribution in [0.2, 0.25) is 0 Å². The number of methoxy groups -OCH3 is 1. The average molecular weight is 263 g/mol. The van der Waals surface area contributed by atoms with Crippen LogP contribution < -0.4 is 9.64 Å². The first kappa shape index (κ1) is 13.4. The van der Waals surface area contributed by atoms with Gasteiger partial charge in [-0.15, -0.1) is 0 Å². The summed E-state index contributed by atoms with van der Waals surface area (Å²) in [4.78, 5) is 24.7. The number of ether oxygens (including phenoxy) is 2. The zero-order valence-corrected chi connectivity index (χ0v) is 11.3. The quantitative estimate of drug-likeness (QED) is 0.762. The van der Waals surface area contributed by atoms with E-state index < -0.39 is 0 Å². The monoisotopic (exact) mass is 263 g/mol. The lowest BCUT2D eigenvalue weighted by Gasteiger charge is -2.34. The molecule has 102 valence electrons. The van der Waals surface area contributed by atoms with Crippen molar-refractivity contribution in [2.75, 3.05) is 18.6 Å². The minimum Gasteiger partial charge on any atom is -0.486 e. The predicted octanol–water partition coefficient (Wildman–Crippen LogP) is 1.67. The Morgan fingerprint density at radius 1 is 1.47 bits per heavy atom. The largest absolute Gasteiger partial charge is 0.486 e. The lowest BCUT2D eigenvalue weighted by atomic mass is 10.1. The standard InChI is InChI=1S/C14H17NO4/c1-9-4-5-12-13(6-9)19-11(7-14(17)18-3)8-15(12)10(2)16/h4-6,11H,7-8H2,1-3H3. The molecule has 0 fully saturated rings. The summed E-state index contributed by atoms with van der Waals surface area (Å²) in [6.45, 7) is 3.82. The van der Waals surface area contributed by atoms with Gasteiger partial charge < -0.3 is 14.4 Å². The van der Waals surface area contributed by atoms with Gasteiger partial charge in [0.2, 0.25) is 5.91 Å². The van der Waals surface area contributed by atoms with E-state index in [-0.39, 0.29) is 24.4 Å². The van der Waals surface area contributed by atoms with Gasteiger partial charge in [0, 0.05) is 6.92 Å². The first-order valence-electron chi connectivity index (χ1n) is 6.13. The highest BCUT2D eigenvalue weighted by atomic mass is 16.5. The van der Waals surface area contributed by atoms with Gasteiger partial charge in [-0.1, -0.05) is 6.07 Å². The molecule has 1 heterocycles. The number of anilines is 1. The van der Waals surface area contributed by atoms with Gasteiger partial charge in [-0.3, -0.25) is 9.59 Å². The number of hydrogen-bond acceptors (Lipinski definition) is 4. The highest BCUT2D eigenvalue weighted by molar-refractivity contribution is 5.94. The van der Waals surface area contributed by atoms with Crippen LogP contribution in [0.5, 0.6) is 5.75 Å². The SMILES string of the molecule is COC(=O)CC1CN(C(C)=O)c2ccc(C)cc2O1. The Hall–Kier alpha value is -2.04. The smallest absolute Gasteiger partial charge is 0.309 e. The van der Waals surface area contributed by atoms with Crippen molar-refractivity contribution >= 4 is 17.6 Å². The molecule has 1 aliphatic heterocycles. The molecule has 0 N–H and O–H groups in total. The van der Waals surface area contributed by atoms with E-state index in [0.29, 0.717) is 12.3 Å². The van der Waals surface area contributed by atoms with E-state index in [1.165, 1.54) is 14.0 Å². The zero-order chi connectivity index (χ0) is 14.0. The molecule has 5 nitrogen and oxygen atoms in total. The Bertz CT molecular complexity index is 512. The van der Waals surface area contributed by atoms with Gasteiger partial charge in [0.15, 0.2) is 0 Å². The van der Waals surface area contributed by atoms with Crippen LogP contribution in [0.15, 0.2) is 18.2 Å². The van der Waals surface area contributed by atoms with Crippen LogP contribution >= 0.6 is 0 Å². The first-order chi connectivity index (χ1) is 9.01. The summed E-state index contributed by atoms with van der Waals surface area (Å²) < 4.78 is 10.4. The minimum atomic E-state index is -0.370. The summed E-state index contributed by atoms with van der Waals surface area (Å²) in [6.07, 6.45) is -0.237. The summed E-state index contributed by atoms with van der Waals surface area (Å²) in [5.41, 5.74) is 1.79. The van der Waals surface area contributed by atoms with Crippen molar-refractivity contribution in [2.24, 2.45) is 0 Å². The lowest BCUT2D eigenvalue weighted by molar-refractivity contribution is -0.142. The molecule has 0 radical (unpaired) electrons. The lowest BCUT2D eigenvalue weighted by Crippen LogP contribution is -2.43. The number of carbonyl (C=O) groups is 2. The number of aryl methyl sites for hydroxylation is 1. The normalized spacial score (nSPS) is 17.4. The van der Waals surface area contributed by atoms with Gasteiger partial charge in [-0.05, 0) is 24.6 Å². The summed E-state index contributed by atoms with van der Waals surface area (Å²) in [5.74, 6) is 0.225. The maximum Gasteiger partial charge on any atom is 0.309 e. The van der Waals surface area contributed by atoms with Crippen molar-refractivity contribution in [3.05, 3.63) is 23.8 Å². The third-order valence-corrected chi connectivity index (χ3v) is 3.09. The Balaban J connectivity index is 2.28. The highest BCUT2D eigenvalue weighted by Crippen LogP contribution is 2.34. The maximum absolute atomic E-state index is 11.7. The van der Waals surface area contributed by atoms with E-state index in [2.05, 4.69) is 4.74 Å². The molecule has 1 aromatic carbocycles. The van der Waals surface area contributed by atoms with Crippen molar-refractivity contribution in [3.63, 3.8) is 0 Å². The number of rotatable bonds is 2. The van der Waals surface area contributed by atoms with Crippen LogP contribution in [0, 0.1) is 6.92 Å². The molecule has 1 aliphatic rings. The molecular weight excluding hydrogens is 246 g/mol. The number of hydrogen-bond donors (Lipinski definition) is 0. The van der Waals surface area contributed by atoms with Crippen LogP contribution in [0.3, 0.4) is 0 Å². The van der Waals surface area contributed by atoms with Gasteiger partial charge >= 0.3 is 5.97 Å². The first-order valence-corrected chi connectivity index (χ1v) is 6.13. The summed E-state index contributed by atoms with van der Waals surface area (Å²) in [7, 11) is 1.34. The minimum absolute atomic E-state index is 0.0664. The Labute approximate surface area is 112 Å². The number of esters is 1. The number of benzene rings is 1. The molecule has 0 bridgehead atoms. The molecule has 19 heavy (non-hydrogen) atoms. The third-order valence-electron chi connectivity index (χ3n) is 3.09. The number of amides is 1. The number of nitrogens with zero attached hydrogens (tertiary/aromatic N) is 1. The second-order valence-corrected chi connectivity index (χ2v) is 4.62. The Morgan fingerprint density at radius 2 is 2.21 bits per heavy atom.